The quantitative estimate of drug-likeness (QED) is 0.946. The maximum absolute atomic E-state index is 5.80. The fraction of sp³-hybridized carbons (Fsp3) is 0.357. The zero-order valence-electron chi connectivity index (χ0n) is 10.9. The van der Waals surface area contributed by atoms with E-state index in [1.165, 1.54) is 5.56 Å². The molecule has 0 aliphatic rings. The molecule has 0 aliphatic carbocycles. The Hall–Kier alpha value is -1.13. The van der Waals surface area contributed by atoms with E-state index in [1.54, 1.807) is 0 Å². The van der Waals surface area contributed by atoms with E-state index in [-0.39, 0.29) is 5.41 Å². The van der Waals surface area contributed by atoms with Gasteiger partial charge in [-0.3, -0.25) is 0 Å². The molecule has 0 aliphatic heterocycles. The van der Waals surface area contributed by atoms with Crippen LogP contribution in [0.1, 0.15) is 25.1 Å². The van der Waals surface area contributed by atoms with E-state index in [0.717, 1.165) is 15.9 Å². The van der Waals surface area contributed by atoms with Gasteiger partial charge in [-0.1, -0.05) is 31.5 Å². The van der Waals surface area contributed by atoms with Gasteiger partial charge in [0.1, 0.15) is 0 Å². The van der Waals surface area contributed by atoms with Crippen molar-refractivity contribution in [3.8, 4) is 5.69 Å². The van der Waals surface area contributed by atoms with Crippen LogP contribution in [0, 0.1) is 6.92 Å². The van der Waals surface area contributed by atoms with Gasteiger partial charge in [0.25, 0.3) is 0 Å². The van der Waals surface area contributed by atoms with Crippen molar-refractivity contribution in [1.29, 1.82) is 0 Å². The number of hydrogen-bond acceptors (Lipinski definition) is 2. The molecule has 0 unspecified atom stereocenters. The first kappa shape index (κ1) is 13.3. The first-order valence-electron chi connectivity index (χ1n) is 5.97. The van der Waals surface area contributed by atoms with Gasteiger partial charge in [0.15, 0.2) is 0 Å². The number of rotatable bonds is 3. The highest BCUT2D eigenvalue weighted by Gasteiger charge is 2.25. The van der Waals surface area contributed by atoms with E-state index in [2.05, 4.69) is 66.1 Å². The second-order valence-electron chi connectivity index (χ2n) is 5.19. The lowest BCUT2D eigenvalue weighted by molar-refractivity contribution is 0.513. The average molecular weight is 308 g/mol. The van der Waals surface area contributed by atoms with Gasteiger partial charge >= 0.3 is 0 Å². The maximum Gasteiger partial charge on any atom is 0.0839 e. The molecule has 2 N–H and O–H groups in total. The van der Waals surface area contributed by atoms with Crippen molar-refractivity contribution in [1.82, 2.24) is 9.78 Å². The fourth-order valence-corrected chi connectivity index (χ4v) is 2.55. The third-order valence-electron chi connectivity index (χ3n) is 3.12. The molecule has 1 aromatic carbocycles. The van der Waals surface area contributed by atoms with Crippen LogP contribution in [0.5, 0.6) is 0 Å². The summed E-state index contributed by atoms with van der Waals surface area (Å²) >= 11 is 3.57. The molecule has 18 heavy (non-hydrogen) atoms. The SMILES string of the molecule is Cc1ccc(-n2cc(Br)c(C(C)(C)CN)n2)cc1. The molecule has 0 bridgehead atoms. The molecule has 0 radical (unpaired) electrons. The molecule has 0 fully saturated rings. The van der Waals surface area contributed by atoms with E-state index in [1.807, 2.05) is 10.9 Å². The number of nitrogens with zero attached hydrogens (tertiary/aromatic N) is 2. The second kappa shape index (κ2) is 4.86. The van der Waals surface area contributed by atoms with Gasteiger partial charge in [0, 0.05) is 18.2 Å². The van der Waals surface area contributed by atoms with Gasteiger partial charge in [0.2, 0.25) is 0 Å². The van der Waals surface area contributed by atoms with Crippen LogP contribution in [0.2, 0.25) is 0 Å². The van der Waals surface area contributed by atoms with E-state index in [0.29, 0.717) is 6.54 Å². The summed E-state index contributed by atoms with van der Waals surface area (Å²) in [6.07, 6.45) is 1.98. The standard InChI is InChI=1S/C14H18BrN3/c1-10-4-6-11(7-5-10)18-8-12(15)13(17-18)14(2,3)9-16/h4-8H,9,16H2,1-3H3. The van der Waals surface area contributed by atoms with Gasteiger partial charge in [-0.15, -0.1) is 0 Å². The lowest BCUT2D eigenvalue weighted by Gasteiger charge is -2.20. The minimum absolute atomic E-state index is 0.130. The van der Waals surface area contributed by atoms with E-state index in [9.17, 15) is 0 Å². The first-order valence-corrected chi connectivity index (χ1v) is 6.76. The van der Waals surface area contributed by atoms with Crippen molar-refractivity contribution in [2.75, 3.05) is 6.54 Å². The smallest absolute Gasteiger partial charge is 0.0839 e. The number of hydrogen-bond donors (Lipinski definition) is 1. The third-order valence-corrected chi connectivity index (χ3v) is 3.70. The van der Waals surface area contributed by atoms with Crippen LogP contribution in [0.25, 0.3) is 5.69 Å². The van der Waals surface area contributed by atoms with Crippen molar-refractivity contribution in [2.45, 2.75) is 26.2 Å². The van der Waals surface area contributed by atoms with Crippen LogP contribution >= 0.6 is 15.9 Å². The largest absolute Gasteiger partial charge is 0.330 e. The minimum Gasteiger partial charge on any atom is -0.330 e. The zero-order valence-corrected chi connectivity index (χ0v) is 12.5. The summed E-state index contributed by atoms with van der Waals surface area (Å²) < 4.78 is 2.88. The lowest BCUT2D eigenvalue weighted by atomic mass is 9.90. The summed E-state index contributed by atoms with van der Waals surface area (Å²) in [7, 11) is 0. The van der Waals surface area contributed by atoms with Gasteiger partial charge in [-0.25, -0.2) is 4.68 Å². The summed E-state index contributed by atoms with van der Waals surface area (Å²) in [5.41, 5.74) is 8.96. The molecule has 2 aromatic rings. The molecule has 1 heterocycles. The predicted molar refractivity (Wildman–Crippen MR) is 78.1 cm³/mol. The Bertz CT molecular complexity index is 541. The van der Waals surface area contributed by atoms with Gasteiger partial charge < -0.3 is 5.73 Å². The molecule has 3 nitrogen and oxygen atoms in total. The summed E-state index contributed by atoms with van der Waals surface area (Å²) in [4.78, 5) is 0. The Balaban J connectivity index is 2.43. The number of halogens is 1. The van der Waals surface area contributed by atoms with Crippen molar-refractivity contribution in [3.63, 3.8) is 0 Å². The minimum atomic E-state index is -0.130. The molecule has 2 rings (SSSR count). The van der Waals surface area contributed by atoms with Crippen LogP contribution in [0.15, 0.2) is 34.9 Å². The second-order valence-corrected chi connectivity index (χ2v) is 6.05. The molecular weight excluding hydrogens is 290 g/mol. The molecule has 0 atom stereocenters. The molecule has 0 spiro atoms. The molecule has 0 saturated heterocycles. The molecule has 96 valence electrons. The highest BCUT2D eigenvalue weighted by Crippen LogP contribution is 2.28. The monoisotopic (exact) mass is 307 g/mol. The lowest BCUT2D eigenvalue weighted by Crippen LogP contribution is -2.29. The van der Waals surface area contributed by atoms with Crippen molar-refractivity contribution >= 4 is 15.9 Å². The number of aryl methyl sites for hydroxylation is 1. The Labute approximate surface area is 116 Å². The van der Waals surface area contributed by atoms with Crippen LogP contribution in [0.4, 0.5) is 0 Å². The van der Waals surface area contributed by atoms with Crippen LogP contribution in [-0.4, -0.2) is 16.3 Å². The number of nitrogens with two attached hydrogens (primary N) is 1. The average Bonchev–Trinajstić information content (AvgIpc) is 2.73. The molecule has 4 heteroatoms. The van der Waals surface area contributed by atoms with E-state index < -0.39 is 0 Å². The van der Waals surface area contributed by atoms with Crippen molar-refractivity contribution in [2.24, 2.45) is 5.73 Å². The Morgan fingerprint density at radius 2 is 1.89 bits per heavy atom. The Morgan fingerprint density at radius 1 is 1.28 bits per heavy atom. The molecule has 0 saturated carbocycles. The molecule has 0 amide bonds. The summed E-state index contributed by atoms with van der Waals surface area (Å²) in [6, 6.07) is 8.29. The van der Waals surface area contributed by atoms with E-state index in [4.69, 9.17) is 5.73 Å². The van der Waals surface area contributed by atoms with Crippen molar-refractivity contribution in [3.05, 3.63) is 46.2 Å². The zero-order chi connectivity index (χ0) is 13.3. The highest BCUT2D eigenvalue weighted by molar-refractivity contribution is 9.10. The fourth-order valence-electron chi connectivity index (χ4n) is 1.74. The predicted octanol–water partition coefficient (Wildman–Crippen LogP) is 3.18. The highest BCUT2D eigenvalue weighted by atomic mass is 79.9. The van der Waals surface area contributed by atoms with Gasteiger partial charge in [-0.05, 0) is 35.0 Å². The van der Waals surface area contributed by atoms with Crippen molar-refractivity contribution < 1.29 is 0 Å². The molecular formula is C14H18BrN3. The molecule has 1 aromatic heterocycles. The van der Waals surface area contributed by atoms with Gasteiger partial charge in [0.05, 0.1) is 15.9 Å². The Morgan fingerprint density at radius 3 is 2.44 bits per heavy atom. The van der Waals surface area contributed by atoms with Crippen LogP contribution in [-0.2, 0) is 5.41 Å². The topological polar surface area (TPSA) is 43.8 Å². The number of aromatic nitrogens is 2. The third kappa shape index (κ3) is 2.49. The number of benzene rings is 1. The van der Waals surface area contributed by atoms with Crippen LogP contribution < -0.4 is 5.73 Å². The normalized spacial score (nSPS) is 11.8. The summed E-state index contributed by atoms with van der Waals surface area (Å²) in [5.74, 6) is 0. The summed E-state index contributed by atoms with van der Waals surface area (Å²) in [5, 5.41) is 4.64. The Kier molecular flexibility index (Phi) is 3.59. The first-order chi connectivity index (χ1) is 8.44. The van der Waals surface area contributed by atoms with Crippen LogP contribution in [0.3, 0.4) is 0 Å². The maximum atomic E-state index is 5.80. The van der Waals surface area contributed by atoms with E-state index >= 15 is 0 Å². The summed E-state index contributed by atoms with van der Waals surface area (Å²) in [6.45, 7) is 6.83. The van der Waals surface area contributed by atoms with Gasteiger partial charge in [-0.2, -0.15) is 5.10 Å².